The van der Waals surface area contributed by atoms with Crippen LogP contribution in [0, 0.1) is 5.41 Å². The first-order valence-corrected chi connectivity index (χ1v) is 1.73. The first-order valence-electron chi connectivity index (χ1n) is 1.73. The normalized spacial score (nSPS) is 8.50. The van der Waals surface area contributed by atoms with Crippen molar-refractivity contribution in [2.45, 2.75) is 0 Å². The Morgan fingerprint density at radius 2 is 1.25 bits per heavy atom. The van der Waals surface area contributed by atoms with Crippen LogP contribution in [0.1, 0.15) is 0 Å². The molecule has 0 saturated carbocycles. The summed E-state index contributed by atoms with van der Waals surface area (Å²) in [6.45, 7) is 0. The summed E-state index contributed by atoms with van der Waals surface area (Å²) >= 11 is 0. The minimum atomic E-state index is -0.370. The van der Waals surface area contributed by atoms with Crippen molar-refractivity contribution in [1.82, 2.24) is 10.2 Å². The van der Waals surface area contributed by atoms with Gasteiger partial charge in [-0.3, -0.25) is 5.41 Å². The summed E-state index contributed by atoms with van der Waals surface area (Å²) in [5, 5.41) is 7.75. The van der Waals surface area contributed by atoms with Crippen LogP contribution in [0.15, 0.2) is 0 Å². The van der Waals surface area contributed by atoms with Gasteiger partial charge in [-0.1, -0.05) is 0 Å². The van der Waals surface area contributed by atoms with Crippen LogP contribution < -0.4 is 23.4 Å². The maximum Gasteiger partial charge on any atom is 0.253 e. The molecule has 0 unspecified atom stereocenters. The molecule has 0 aromatic carbocycles. The smallest absolute Gasteiger partial charge is 0.253 e. The average Bonchev–Trinajstić information content (AvgIpc) is 1.64. The van der Waals surface area contributed by atoms with Crippen LogP contribution in [-0.2, 0) is 0 Å². The quantitative estimate of drug-likeness (QED) is 0.0999. The van der Waals surface area contributed by atoms with Gasteiger partial charge in [-0.05, 0) is 0 Å². The highest BCUT2D eigenvalue weighted by molar-refractivity contribution is 5.74. The summed E-state index contributed by atoms with van der Waals surface area (Å²) in [5.74, 6) is 18.9. The van der Waals surface area contributed by atoms with Gasteiger partial charge < -0.3 is 0 Å². The second kappa shape index (κ2) is 2.43. The fraction of sp³-hybridized carbons (Fsp3) is 0. The van der Waals surface area contributed by atoms with E-state index in [4.69, 9.17) is 28.8 Å². The molecule has 0 aliphatic heterocycles. The molecule has 7 heteroatoms. The van der Waals surface area contributed by atoms with Gasteiger partial charge >= 0.3 is 0 Å². The fourth-order valence-corrected chi connectivity index (χ4v) is 0.133. The van der Waals surface area contributed by atoms with Crippen molar-refractivity contribution in [3.8, 4) is 0 Å². The molecule has 0 heterocycles. The predicted molar refractivity (Wildman–Crippen MR) is 28.2 cm³/mol. The minimum Gasteiger partial charge on any atom is -0.264 e. The first-order chi connectivity index (χ1) is 3.55. The summed E-state index contributed by atoms with van der Waals surface area (Å²) in [7, 11) is 0. The molecule has 0 rings (SSSR count). The molecule has 0 fully saturated rings. The molecule has 0 bridgehead atoms. The lowest BCUT2D eigenvalue weighted by Gasteiger charge is -2.17. The van der Waals surface area contributed by atoms with Crippen molar-refractivity contribution in [2.24, 2.45) is 23.4 Å². The van der Waals surface area contributed by atoms with E-state index < -0.39 is 0 Å². The van der Waals surface area contributed by atoms with Crippen molar-refractivity contribution in [3.63, 3.8) is 0 Å². The number of rotatable bonds is 0. The van der Waals surface area contributed by atoms with E-state index in [1.54, 1.807) is 0 Å². The molecular weight excluding hydrogens is 110 g/mol. The average molecular weight is 119 g/mol. The maximum absolute atomic E-state index is 6.75. The molecule has 0 amide bonds. The highest BCUT2D eigenvalue weighted by atomic mass is 15.7. The third kappa shape index (κ3) is 1.71. The monoisotopic (exact) mass is 119 g/mol. The van der Waals surface area contributed by atoms with E-state index in [0.717, 1.165) is 0 Å². The van der Waals surface area contributed by atoms with Crippen LogP contribution >= 0.6 is 0 Å². The molecule has 0 aromatic rings. The Hall–Kier alpha value is -0.890. The van der Waals surface area contributed by atoms with Gasteiger partial charge in [0.05, 0.1) is 0 Å². The second-order valence-electron chi connectivity index (χ2n) is 1.14. The van der Waals surface area contributed by atoms with Gasteiger partial charge in [0.1, 0.15) is 0 Å². The molecular formula is CH9N7. The van der Waals surface area contributed by atoms with Crippen molar-refractivity contribution in [2.75, 3.05) is 0 Å². The SMILES string of the molecule is N=C(N(N)N)N(N)N. The van der Waals surface area contributed by atoms with Crippen LogP contribution in [0.2, 0.25) is 0 Å². The van der Waals surface area contributed by atoms with Gasteiger partial charge in [-0.2, -0.15) is 0 Å². The standard InChI is InChI=1S/CH9N7/c2-1(7(3)4)8(5)6/h2H,3-6H2. The molecule has 9 N–H and O–H groups in total. The Bertz CT molecular complexity index is 72.4. The molecule has 0 aliphatic carbocycles. The lowest BCUT2D eigenvalue weighted by Crippen LogP contribution is -2.56. The van der Waals surface area contributed by atoms with Crippen LogP contribution in [0.4, 0.5) is 0 Å². The Morgan fingerprint density at radius 1 is 1.00 bits per heavy atom. The number of nitrogens with one attached hydrogen (secondary N) is 1. The van der Waals surface area contributed by atoms with Gasteiger partial charge in [0.25, 0.3) is 5.96 Å². The maximum atomic E-state index is 6.75. The molecule has 0 aliphatic rings. The topological polar surface area (TPSA) is 134 Å². The number of hydrogen-bond acceptors (Lipinski definition) is 5. The van der Waals surface area contributed by atoms with Crippen molar-refractivity contribution in [1.29, 1.82) is 5.41 Å². The van der Waals surface area contributed by atoms with Crippen molar-refractivity contribution in [3.05, 3.63) is 0 Å². The van der Waals surface area contributed by atoms with E-state index in [2.05, 4.69) is 0 Å². The minimum absolute atomic E-state index is 0.370. The summed E-state index contributed by atoms with van der Waals surface area (Å²) < 4.78 is 0. The van der Waals surface area contributed by atoms with Gasteiger partial charge in [0.2, 0.25) is 0 Å². The predicted octanol–water partition coefficient (Wildman–Crippen LogP) is -2.98. The van der Waals surface area contributed by atoms with Crippen LogP contribution in [0.3, 0.4) is 0 Å². The van der Waals surface area contributed by atoms with E-state index in [9.17, 15) is 0 Å². The molecule has 7 nitrogen and oxygen atoms in total. The lowest BCUT2D eigenvalue weighted by molar-refractivity contribution is 0.338. The Labute approximate surface area is 46.2 Å². The van der Waals surface area contributed by atoms with Crippen LogP contribution in [0.5, 0.6) is 0 Å². The molecule has 0 aromatic heterocycles. The number of nitrogens with zero attached hydrogens (tertiary/aromatic N) is 2. The van der Waals surface area contributed by atoms with E-state index in [1.807, 2.05) is 0 Å². The summed E-state index contributed by atoms with van der Waals surface area (Å²) in [4.78, 5) is 0. The van der Waals surface area contributed by atoms with Crippen molar-refractivity contribution >= 4 is 5.96 Å². The van der Waals surface area contributed by atoms with Crippen LogP contribution in [-0.4, -0.2) is 16.2 Å². The Balaban J connectivity index is 3.65. The van der Waals surface area contributed by atoms with Crippen LogP contribution in [0.25, 0.3) is 0 Å². The van der Waals surface area contributed by atoms with E-state index in [1.165, 1.54) is 0 Å². The van der Waals surface area contributed by atoms with E-state index in [0.29, 0.717) is 10.2 Å². The van der Waals surface area contributed by atoms with Gasteiger partial charge in [-0.15, -0.1) is 0 Å². The Morgan fingerprint density at radius 3 is 1.25 bits per heavy atom. The zero-order valence-corrected chi connectivity index (χ0v) is 4.20. The highest BCUT2D eigenvalue weighted by Gasteiger charge is 2.00. The van der Waals surface area contributed by atoms with Gasteiger partial charge in [-0.25, -0.2) is 33.6 Å². The van der Waals surface area contributed by atoms with Crippen molar-refractivity contribution < 1.29 is 0 Å². The van der Waals surface area contributed by atoms with Gasteiger partial charge in [0.15, 0.2) is 0 Å². The van der Waals surface area contributed by atoms with E-state index >= 15 is 0 Å². The number of hydrogen-bond donors (Lipinski definition) is 5. The largest absolute Gasteiger partial charge is 0.264 e. The Kier molecular flexibility index (Phi) is 2.16. The second-order valence-corrected chi connectivity index (χ2v) is 1.14. The first kappa shape index (κ1) is 7.11. The zero-order valence-electron chi connectivity index (χ0n) is 4.20. The summed E-state index contributed by atoms with van der Waals surface area (Å²) in [5.41, 5.74) is 0. The van der Waals surface area contributed by atoms with E-state index in [-0.39, 0.29) is 5.96 Å². The molecule has 0 saturated heterocycles. The molecule has 0 atom stereocenters. The number of guanidine groups is 1. The lowest BCUT2D eigenvalue weighted by atomic mass is 11.0. The van der Waals surface area contributed by atoms with Gasteiger partial charge in [0, 0.05) is 0 Å². The third-order valence-corrected chi connectivity index (χ3v) is 0.489. The zero-order chi connectivity index (χ0) is 6.73. The number of hydrazine groups is 4. The molecule has 8 heavy (non-hydrogen) atoms. The molecule has 0 radical (unpaired) electrons. The fourth-order valence-electron chi connectivity index (χ4n) is 0.133. The summed E-state index contributed by atoms with van der Waals surface area (Å²) in [6.07, 6.45) is 0. The molecule has 48 valence electrons. The highest BCUT2D eigenvalue weighted by Crippen LogP contribution is 1.66. The summed E-state index contributed by atoms with van der Waals surface area (Å²) in [6, 6.07) is 0. The molecule has 0 spiro atoms. The third-order valence-electron chi connectivity index (χ3n) is 0.489. The number of nitrogens with two attached hydrogens (primary N) is 4.